The average Bonchev–Trinajstić information content (AvgIpc) is 3.82. The number of hydrogen-bond acceptors (Lipinski definition) is 11. The quantitative estimate of drug-likeness (QED) is 0.0357. The maximum Gasteiger partial charge on any atom is 0.243 e. The number of nitrogens with zero attached hydrogens (tertiary/aromatic N) is 2. The van der Waals surface area contributed by atoms with Crippen molar-refractivity contribution in [3.8, 4) is 0 Å². The number of amides is 7. The van der Waals surface area contributed by atoms with Gasteiger partial charge in [0.15, 0.2) is 17.7 Å². The molecule has 1 fully saturated rings. The molecule has 0 spiro atoms. The van der Waals surface area contributed by atoms with Gasteiger partial charge in [-0.25, -0.2) is 0 Å². The normalized spacial score (nSPS) is 20.9. The van der Waals surface area contributed by atoms with Crippen LogP contribution in [0.2, 0.25) is 0 Å². The number of guanidine groups is 2. The number of nitrogens with one attached hydrogen (secondary N) is 7. The third kappa shape index (κ3) is 20.1. The molecule has 0 bridgehead atoms. The second-order valence-corrected chi connectivity index (χ2v) is 19.5. The molecule has 7 atom stereocenters. The van der Waals surface area contributed by atoms with E-state index in [0.717, 1.165) is 16.5 Å². The van der Waals surface area contributed by atoms with Crippen molar-refractivity contribution in [1.29, 1.82) is 0 Å². The van der Waals surface area contributed by atoms with E-state index in [1.165, 1.54) is 6.92 Å². The zero-order valence-corrected chi connectivity index (χ0v) is 44.0. The second kappa shape index (κ2) is 30.8. The summed E-state index contributed by atoms with van der Waals surface area (Å²) in [5, 5.41) is 17.1. The van der Waals surface area contributed by atoms with Gasteiger partial charge in [-0.1, -0.05) is 78.9 Å². The number of benzene rings is 3. The van der Waals surface area contributed by atoms with Crippen LogP contribution in [-0.2, 0) is 62.4 Å². The third-order valence-electron chi connectivity index (χ3n) is 13.3. The molecule has 1 aliphatic heterocycles. The van der Waals surface area contributed by atoms with Crippen LogP contribution in [0.1, 0.15) is 87.8 Å². The zero-order valence-electron chi connectivity index (χ0n) is 44.0. The van der Waals surface area contributed by atoms with E-state index < -0.39 is 101 Å². The number of fused-ring (bicyclic) bond motifs is 1. The summed E-state index contributed by atoms with van der Waals surface area (Å²) in [6.07, 6.45) is 1.64. The lowest BCUT2D eigenvalue weighted by atomic mass is 9.83. The summed E-state index contributed by atoms with van der Waals surface area (Å²) in [5.41, 5.74) is 30.8. The summed E-state index contributed by atoms with van der Waals surface area (Å²) in [5.74, 6) is -8.56. The molecule has 0 aliphatic carbocycles. The Morgan fingerprint density at radius 1 is 0.654 bits per heavy atom. The zero-order chi connectivity index (χ0) is 56.6. The Bertz CT molecular complexity index is 2760. The van der Waals surface area contributed by atoms with E-state index in [2.05, 4.69) is 46.9 Å². The summed E-state index contributed by atoms with van der Waals surface area (Å²) in [6, 6.07) is 18.4. The van der Waals surface area contributed by atoms with Gasteiger partial charge in [-0.2, -0.15) is 0 Å². The first-order chi connectivity index (χ1) is 37.4. The van der Waals surface area contributed by atoms with Crippen LogP contribution in [0, 0.1) is 11.8 Å². The summed E-state index contributed by atoms with van der Waals surface area (Å²) in [4.78, 5) is 138. The van der Waals surface area contributed by atoms with Crippen molar-refractivity contribution < 1.29 is 43.2 Å². The Kier molecular flexibility index (Phi) is 23.8. The smallest absolute Gasteiger partial charge is 0.243 e. The molecule has 1 aromatic heterocycles. The fourth-order valence-electron chi connectivity index (χ4n) is 9.27. The molecule has 7 amide bonds. The standard InChI is InChI=1S/C55H74N14O9/c1-33(70)65-42(22-13-25-63-55(59)60)51(76)69-45-31-48(73)61-23-11-10-21-41(49(56)74)66-50(75)37(28-38-32-64-40-20-9-8-19-39(38)40)30-46(71)36(18-12-24-62-54(57)58)29-47(72)43(26-34-14-4-2-5-15-34)67-52(77)44(68-53(45)78)27-35-16-6-3-7-17-35/h2-9,14-17,19-20,32,36-37,41-45,64H,10-13,18,21-31H2,1H3,(H2,56,74)(H,61,73)(H,65,70)(H,66,75)(H,67,77)(H,68,78)(H,69,76)(H4,57,58,62)(H4,59,60,63)/t36-,37-,41+,42+,43-,44+,45+/m1/s1. The van der Waals surface area contributed by atoms with E-state index in [4.69, 9.17) is 28.7 Å². The number of aromatic amines is 1. The van der Waals surface area contributed by atoms with Crippen LogP contribution in [0.15, 0.2) is 101 Å². The van der Waals surface area contributed by atoms with Crippen LogP contribution in [-0.4, -0.2) is 120 Å². The molecule has 0 unspecified atom stereocenters. The number of carbonyl (C=O) groups excluding carboxylic acids is 9. The molecule has 1 saturated heterocycles. The van der Waals surface area contributed by atoms with Gasteiger partial charge in [0.1, 0.15) is 30.0 Å². The Labute approximate surface area is 452 Å². The predicted molar refractivity (Wildman–Crippen MR) is 294 cm³/mol. The monoisotopic (exact) mass is 1070 g/mol. The minimum absolute atomic E-state index is 0.0288. The molecule has 23 nitrogen and oxygen atoms in total. The van der Waals surface area contributed by atoms with Gasteiger partial charge >= 0.3 is 0 Å². The lowest BCUT2D eigenvalue weighted by Gasteiger charge is -2.27. The van der Waals surface area contributed by atoms with E-state index in [1.54, 1.807) is 66.9 Å². The Balaban J connectivity index is 1.56. The average molecular weight is 1080 g/mol. The van der Waals surface area contributed by atoms with E-state index in [9.17, 15) is 43.2 Å². The van der Waals surface area contributed by atoms with Crippen LogP contribution >= 0.6 is 0 Å². The fourth-order valence-corrected chi connectivity index (χ4v) is 9.27. The molecule has 23 heteroatoms. The van der Waals surface area contributed by atoms with Crippen molar-refractivity contribution in [2.24, 2.45) is 50.5 Å². The highest BCUT2D eigenvalue weighted by Crippen LogP contribution is 2.26. The number of para-hydroxylation sites is 1. The molecule has 4 aromatic rings. The SMILES string of the molecule is CC(=O)N[C@@H](CCCN=C(N)N)C(=O)N[C@H]1CC(=O)NCCCC[C@@H](C(N)=O)NC(=O)[C@H](Cc2c[nH]c3ccccc23)CC(=O)[C@H](CCCN=C(N)N)CC(=O)[C@@H](Cc2ccccc2)NC(=O)[C@H](Cc2ccccc2)NC1=O. The number of hydrogen-bond donors (Lipinski definition) is 12. The molecular weight excluding hydrogens is 1000 g/mol. The molecule has 0 radical (unpaired) electrons. The van der Waals surface area contributed by atoms with Gasteiger partial charge in [0, 0.05) is 74.8 Å². The molecule has 2 heterocycles. The minimum atomic E-state index is -1.61. The molecule has 17 N–H and O–H groups in total. The Morgan fingerprint density at radius 2 is 1.26 bits per heavy atom. The predicted octanol–water partition coefficient (Wildman–Crippen LogP) is 0.0732. The van der Waals surface area contributed by atoms with Crippen molar-refractivity contribution in [3.63, 3.8) is 0 Å². The molecule has 78 heavy (non-hydrogen) atoms. The van der Waals surface area contributed by atoms with Crippen LogP contribution < -0.4 is 60.6 Å². The van der Waals surface area contributed by atoms with Gasteiger partial charge in [0.05, 0.1) is 12.5 Å². The molecular formula is C55H74N14O9. The second-order valence-electron chi connectivity index (χ2n) is 19.5. The van der Waals surface area contributed by atoms with E-state index >= 15 is 0 Å². The third-order valence-corrected chi connectivity index (χ3v) is 13.3. The highest BCUT2D eigenvalue weighted by molar-refractivity contribution is 5.99. The van der Waals surface area contributed by atoms with Crippen LogP contribution in [0.5, 0.6) is 0 Å². The van der Waals surface area contributed by atoms with Crippen molar-refractivity contribution in [3.05, 3.63) is 108 Å². The molecule has 3 aromatic carbocycles. The molecule has 5 rings (SSSR count). The highest BCUT2D eigenvalue weighted by atomic mass is 16.2. The highest BCUT2D eigenvalue weighted by Gasteiger charge is 2.36. The summed E-state index contributed by atoms with van der Waals surface area (Å²) < 4.78 is 0. The van der Waals surface area contributed by atoms with E-state index in [0.29, 0.717) is 11.1 Å². The Hall–Kier alpha value is -8.63. The van der Waals surface area contributed by atoms with Crippen molar-refractivity contribution in [2.75, 3.05) is 19.6 Å². The minimum Gasteiger partial charge on any atom is -0.370 e. The number of nitrogens with two attached hydrogens (primary N) is 5. The number of aromatic nitrogens is 1. The van der Waals surface area contributed by atoms with E-state index in [1.807, 2.05) is 24.3 Å². The summed E-state index contributed by atoms with van der Waals surface area (Å²) in [7, 11) is 0. The number of Topliss-reactive ketones (excluding diaryl/α,β-unsaturated/α-hetero) is 2. The lowest BCUT2D eigenvalue weighted by Crippen LogP contribution is -2.59. The van der Waals surface area contributed by atoms with Gasteiger partial charge < -0.3 is 65.6 Å². The van der Waals surface area contributed by atoms with Crippen molar-refractivity contribution >= 4 is 75.7 Å². The van der Waals surface area contributed by atoms with Crippen LogP contribution in [0.4, 0.5) is 0 Å². The van der Waals surface area contributed by atoms with Gasteiger partial charge in [-0.3, -0.25) is 53.1 Å². The summed E-state index contributed by atoms with van der Waals surface area (Å²) >= 11 is 0. The number of primary amides is 1. The molecule has 418 valence electrons. The van der Waals surface area contributed by atoms with Gasteiger partial charge in [0.2, 0.25) is 41.4 Å². The first kappa shape index (κ1) is 60.2. The van der Waals surface area contributed by atoms with Crippen molar-refractivity contribution in [2.45, 2.75) is 121 Å². The molecule has 1 aliphatic rings. The lowest BCUT2D eigenvalue weighted by molar-refractivity contribution is -0.136. The van der Waals surface area contributed by atoms with Gasteiger partial charge in [0.25, 0.3) is 0 Å². The van der Waals surface area contributed by atoms with Gasteiger partial charge in [-0.15, -0.1) is 0 Å². The van der Waals surface area contributed by atoms with Crippen molar-refractivity contribution in [1.82, 2.24) is 36.9 Å². The maximum absolute atomic E-state index is 14.9. The van der Waals surface area contributed by atoms with E-state index in [-0.39, 0.29) is 109 Å². The van der Waals surface area contributed by atoms with Crippen LogP contribution in [0.25, 0.3) is 10.9 Å². The number of rotatable bonds is 18. The van der Waals surface area contributed by atoms with Gasteiger partial charge in [-0.05, 0) is 80.5 Å². The first-order valence-electron chi connectivity index (χ1n) is 26.2. The number of carbonyl (C=O) groups is 9. The first-order valence-corrected chi connectivity index (χ1v) is 26.2. The largest absolute Gasteiger partial charge is 0.370 e. The topological polar surface area (TPSA) is 396 Å². The fraction of sp³-hybridized carbons (Fsp3) is 0.436. The van der Waals surface area contributed by atoms with Crippen LogP contribution in [0.3, 0.4) is 0 Å². The number of ketones is 2. The summed E-state index contributed by atoms with van der Waals surface area (Å²) in [6.45, 7) is 1.50. The maximum atomic E-state index is 14.9. The number of aliphatic imine (C=N–C) groups is 2. The Morgan fingerprint density at radius 3 is 1.90 bits per heavy atom. The number of H-pyrrole nitrogens is 1. The molecule has 0 saturated carbocycles.